The van der Waals surface area contributed by atoms with Gasteiger partial charge in [0.2, 0.25) is 5.91 Å². The van der Waals surface area contributed by atoms with Crippen molar-refractivity contribution in [2.75, 3.05) is 41.0 Å². The lowest BCUT2D eigenvalue weighted by molar-refractivity contribution is -0.118. The molecular formula is C30H33N3O3. The third kappa shape index (κ3) is 4.61. The lowest BCUT2D eigenvalue weighted by Gasteiger charge is -2.43. The molecule has 6 heteroatoms. The zero-order valence-corrected chi connectivity index (χ0v) is 21.0. The molecule has 2 aliphatic rings. The Morgan fingerprint density at radius 3 is 2.28 bits per heavy atom. The summed E-state index contributed by atoms with van der Waals surface area (Å²) in [7, 11) is 0. The third-order valence-electron chi connectivity index (χ3n) is 7.19. The van der Waals surface area contributed by atoms with Gasteiger partial charge in [-0.2, -0.15) is 0 Å². The highest BCUT2D eigenvalue weighted by atomic mass is 16.5. The zero-order chi connectivity index (χ0) is 25.1. The molecule has 0 unspecified atom stereocenters. The number of carbonyl (C=O) groups excluding carboxylic acids is 2. The number of morpholine rings is 1. The average Bonchev–Trinajstić information content (AvgIpc) is 2.94. The number of rotatable bonds is 5. The number of ether oxygens (including phenoxy) is 1. The highest BCUT2D eigenvalue weighted by molar-refractivity contribution is 6.07. The Morgan fingerprint density at radius 2 is 1.58 bits per heavy atom. The molecule has 0 radical (unpaired) electrons. The van der Waals surface area contributed by atoms with E-state index in [1.54, 1.807) is 0 Å². The average molecular weight is 484 g/mol. The number of hydrogen-bond acceptors (Lipinski definition) is 4. The van der Waals surface area contributed by atoms with Crippen LogP contribution in [0.1, 0.15) is 48.7 Å². The largest absolute Gasteiger partial charge is 0.378 e. The number of anilines is 3. The molecule has 36 heavy (non-hydrogen) atoms. The van der Waals surface area contributed by atoms with Crippen molar-refractivity contribution in [3.05, 3.63) is 90.0 Å². The van der Waals surface area contributed by atoms with E-state index >= 15 is 0 Å². The van der Waals surface area contributed by atoms with Gasteiger partial charge < -0.3 is 19.4 Å². The first-order chi connectivity index (χ1) is 17.6. The van der Waals surface area contributed by atoms with E-state index in [0.717, 1.165) is 48.9 Å². The minimum absolute atomic E-state index is 0.0185. The molecule has 3 aromatic rings. The van der Waals surface area contributed by atoms with Gasteiger partial charge in [0.25, 0.3) is 5.91 Å². The standard InChI is InChI=1S/C30H33N3O3/c1-3-29(34)33(25-9-5-4-6-10-25)28-21-22(2)32(27-12-8-7-11-26(27)28)30(35)23-13-15-24(16-14-23)31-17-19-36-20-18-31/h4-16,22,28H,3,17-21H2,1-2H3/t22-,28+/m1/s1. The molecule has 0 aromatic heterocycles. The summed E-state index contributed by atoms with van der Waals surface area (Å²) in [5, 5.41) is 0. The van der Waals surface area contributed by atoms with Gasteiger partial charge in [-0.15, -0.1) is 0 Å². The van der Waals surface area contributed by atoms with Crippen molar-refractivity contribution in [2.45, 2.75) is 38.8 Å². The molecule has 3 aromatic carbocycles. The number of nitrogens with zero attached hydrogens (tertiary/aromatic N) is 3. The van der Waals surface area contributed by atoms with Crippen molar-refractivity contribution < 1.29 is 14.3 Å². The van der Waals surface area contributed by atoms with Crippen LogP contribution in [-0.4, -0.2) is 44.2 Å². The molecule has 0 N–H and O–H groups in total. The molecule has 0 spiro atoms. The summed E-state index contributed by atoms with van der Waals surface area (Å²) in [6.07, 6.45) is 1.08. The fourth-order valence-corrected chi connectivity index (χ4v) is 5.37. The van der Waals surface area contributed by atoms with Crippen LogP contribution in [-0.2, 0) is 9.53 Å². The Kier molecular flexibility index (Phi) is 7.05. The molecule has 186 valence electrons. The van der Waals surface area contributed by atoms with Crippen LogP contribution in [0.15, 0.2) is 78.9 Å². The van der Waals surface area contributed by atoms with Gasteiger partial charge in [-0.1, -0.05) is 43.3 Å². The topological polar surface area (TPSA) is 53.1 Å². The zero-order valence-electron chi connectivity index (χ0n) is 21.0. The highest BCUT2D eigenvalue weighted by Crippen LogP contribution is 2.43. The van der Waals surface area contributed by atoms with Gasteiger partial charge in [0, 0.05) is 48.2 Å². The van der Waals surface area contributed by atoms with Gasteiger partial charge in [-0.3, -0.25) is 9.59 Å². The normalized spacial score (nSPS) is 19.5. The first kappa shape index (κ1) is 24.1. The second kappa shape index (κ2) is 10.5. The van der Waals surface area contributed by atoms with Gasteiger partial charge in [-0.05, 0) is 61.4 Å². The minimum atomic E-state index is -0.140. The number of carbonyl (C=O) groups is 2. The van der Waals surface area contributed by atoms with Gasteiger partial charge in [0.1, 0.15) is 0 Å². The molecule has 2 atom stereocenters. The Labute approximate surface area is 213 Å². The van der Waals surface area contributed by atoms with Crippen molar-refractivity contribution in [2.24, 2.45) is 0 Å². The van der Waals surface area contributed by atoms with E-state index in [1.165, 1.54) is 0 Å². The monoisotopic (exact) mass is 483 g/mol. The predicted molar refractivity (Wildman–Crippen MR) is 144 cm³/mol. The van der Waals surface area contributed by atoms with Crippen molar-refractivity contribution in [1.82, 2.24) is 0 Å². The SMILES string of the molecule is CCC(=O)N(c1ccccc1)[C@H]1C[C@@H](C)N(C(=O)c2ccc(N3CCOCC3)cc2)c2ccccc21. The van der Waals surface area contributed by atoms with Gasteiger partial charge >= 0.3 is 0 Å². The van der Waals surface area contributed by atoms with Crippen LogP contribution >= 0.6 is 0 Å². The second-order valence-electron chi connectivity index (χ2n) is 9.43. The molecule has 1 saturated heterocycles. The maximum absolute atomic E-state index is 13.8. The molecule has 1 fully saturated rings. The fraction of sp³-hybridized carbons (Fsp3) is 0.333. The summed E-state index contributed by atoms with van der Waals surface area (Å²) >= 11 is 0. The van der Waals surface area contributed by atoms with Crippen LogP contribution in [0.25, 0.3) is 0 Å². The van der Waals surface area contributed by atoms with E-state index in [1.807, 2.05) is 95.6 Å². The van der Waals surface area contributed by atoms with Crippen LogP contribution in [0.5, 0.6) is 0 Å². The van der Waals surface area contributed by atoms with Crippen molar-refractivity contribution >= 4 is 28.9 Å². The summed E-state index contributed by atoms with van der Waals surface area (Å²) < 4.78 is 5.46. The summed E-state index contributed by atoms with van der Waals surface area (Å²) in [6.45, 7) is 7.14. The van der Waals surface area contributed by atoms with Gasteiger partial charge in [0.05, 0.1) is 19.3 Å². The van der Waals surface area contributed by atoms with Crippen LogP contribution in [0.3, 0.4) is 0 Å². The Balaban J connectivity index is 1.47. The van der Waals surface area contributed by atoms with E-state index < -0.39 is 0 Å². The molecular weight excluding hydrogens is 450 g/mol. The van der Waals surface area contributed by atoms with E-state index in [9.17, 15) is 9.59 Å². The third-order valence-corrected chi connectivity index (χ3v) is 7.19. The number of benzene rings is 3. The predicted octanol–water partition coefficient (Wildman–Crippen LogP) is 5.45. The molecule has 0 saturated carbocycles. The first-order valence-corrected chi connectivity index (χ1v) is 12.8. The van der Waals surface area contributed by atoms with Crippen LogP contribution in [0, 0.1) is 0 Å². The van der Waals surface area contributed by atoms with Crippen LogP contribution in [0.2, 0.25) is 0 Å². The summed E-state index contributed by atoms with van der Waals surface area (Å²) in [5.74, 6) is 0.0571. The van der Waals surface area contributed by atoms with Gasteiger partial charge in [0.15, 0.2) is 0 Å². The fourth-order valence-electron chi connectivity index (χ4n) is 5.37. The summed E-state index contributed by atoms with van der Waals surface area (Å²) in [4.78, 5) is 33.1. The van der Waals surface area contributed by atoms with E-state index in [0.29, 0.717) is 18.4 Å². The molecule has 5 rings (SSSR count). The number of amides is 2. The van der Waals surface area contributed by atoms with Gasteiger partial charge in [-0.25, -0.2) is 0 Å². The summed E-state index contributed by atoms with van der Waals surface area (Å²) in [6, 6.07) is 25.5. The minimum Gasteiger partial charge on any atom is -0.378 e. The molecule has 0 aliphatic carbocycles. The Bertz CT molecular complexity index is 1210. The lowest BCUT2D eigenvalue weighted by Crippen LogP contribution is -2.47. The second-order valence-corrected chi connectivity index (χ2v) is 9.43. The highest BCUT2D eigenvalue weighted by Gasteiger charge is 2.38. The Morgan fingerprint density at radius 1 is 0.917 bits per heavy atom. The quantitative estimate of drug-likeness (QED) is 0.485. The number of hydrogen-bond donors (Lipinski definition) is 0. The molecule has 0 bridgehead atoms. The summed E-state index contributed by atoms with van der Waals surface area (Å²) in [5.41, 5.74) is 4.53. The van der Waals surface area contributed by atoms with Crippen LogP contribution in [0.4, 0.5) is 17.1 Å². The van der Waals surface area contributed by atoms with Crippen molar-refractivity contribution in [3.8, 4) is 0 Å². The van der Waals surface area contributed by atoms with E-state index in [4.69, 9.17) is 4.74 Å². The van der Waals surface area contributed by atoms with Crippen molar-refractivity contribution in [3.63, 3.8) is 0 Å². The smallest absolute Gasteiger partial charge is 0.258 e. The van der Waals surface area contributed by atoms with Crippen molar-refractivity contribution in [1.29, 1.82) is 0 Å². The Hall–Kier alpha value is -3.64. The molecule has 6 nitrogen and oxygen atoms in total. The number of fused-ring (bicyclic) bond motifs is 1. The molecule has 2 heterocycles. The maximum Gasteiger partial charge on any atom is 0.258 e. The molecule has 2 amide bonds. The lowest BCUT2D eigenvalue weighted by atomic mass is 9.89. The van der Waals surface area contributed by atoms with E-state index in [-0.39, 0.29) is 23.9 Å². The molecule has 2 aliphatic heterocycles. The maximum atomic E-state index is 13.8. The first-order valence-electron chi connectivity index (χ1n) is 12.8. The van der Waals surface area contributed by atoms with E-state index in [2.05, 4.69) is 11.8 Å². The number of para-hydroxylation sites is 2. The van der Waals surface area contributed by atoms with Crippen LogP contribution < -0.4 is 14.7 Å².